The summed E-state index contributed by atoms with van der Waals surface area (Å²) < 4.78 is 5.95. The summed E-state index contributed by atoms with van der Waals surface area (Å²) in [6.07, 6.45) is 3.78. The maximum atomic E-state index is 12.8. The van der Waals surface area contributed by atoms with E-state index in [0.29, 0.717) is 11.3 Å². The monoisotopic (exact) mass is 294 g/mol. The minimum atomic E-state index is -0.715. The molecule has 5 heteroatoms. The molecule has 0 saturated carbocycles. The predicted molar refractivity (Wildman–Crippen MR) is 77.7 cm³/mol. The molecular formula is C17H14N2O3. The third kappa shape index (κ3) is 1.40. The van der Waals surface area contributed by atoms with Crippen molar-refractivity contribution in [3.8, 4) is 6.07 Å². The number of ether oxygens (including phenoxy) is 1. The number of amides is 2. The van der Waals surface area contributed by atoms with Crippen LogP contribution in [-0.2, 0) is 14.3 Å². The summed E-state index contributed by atoms with van der Waals surface area (Å²) in [5.41, 5.74) is -0.428. The SMILES string of the molecule is CC12C=CC(C)(O1)C1C(=O)N(c3ccc(C#N)cc3)C(=O)C12. The lowest BCUT2D eigenvalue weighted by atomic mass is 9.73. The number of benzene rings is 1. The number of hydrogen-bond donors (Lipinski definition) is 0. The van der Waals surface area contributed by atoms with Gasteiger partial charge in [-0.1, -0.05) is 12.2 Å². The maximum absolute atomic E-state index is 12.8. The zero-order chi connectivity index (χ0) is 15.7. The third-order valence-electron chi connectivity index (χ3n) is 4.98. The van der Waals surface area contributed by atoms with Crippen molar-refractivity contribution < 1.29 is 14.3 Å². The van der Waals surface area contributed by atoms with Gasteiger partial charge in [-0.15, -0.1) is 0 Å². The van der Waals surface area contributed by atoms with Crippen LogP contribution in [0.4, 0.5) is 5.69 Å². The van der Waals surface area contributed by atoms with E-state index in [-0.39, 0.29) is 11.8 Å². The Labute approximate surface area is 127 Å². The summed E-state index contributed by atoms with van der Waals surface area (Å²) in [7, 11) is 0. The lowest BCUT2D eigenvalue weighted by Crippen LogP contribution is -2.39. The maximum Gasteiger partial charge on any atom is 0.241 e. The number of hydrogen-bond acceptors (Lipinski definition) is 4. The molecule has 110 valence electrons. The minimum absolute atomic E-state index is 0.227. The topological polar surface area (TPSA) is 70.4 Å². The highest BCUT2D eigenvalue weighted by Crippen LogP contribution is 2.57. The van der Waals surface area contributed by atoms with Crippen molar-refractivity contribution in [2.24, 2.45) is 11.8 Å². The summed E-state index contributed by atoms with van der Waals surface area (Å²) in [5.74, 6) is -1.41. The summed E-state index contributed by atoms with van der Waals surface area (Å²) in [4.78, 5) is 26.9. The minimum Gasteiger partial charge on any atom is -0.359 e. The van der Waals surface area contributed by atoms with Crippen LogP contribution in [0.5, 0.6) is 0 Å². The molecule has 4 atom stereocenters. The lowest BCUT2D eigenvalue weighted by molar-refractivity contribution is -0.128. The Morgan fingerprint density at radius 2 is 1.55 bits per heavy atom. The Morgan fingerprint density at radius 3 is 2.00 bits per heavy atom. The fourth-order valence-corrected chi connectivity index (χ4v) is 3.97. The first kappa shape index (κ1) is 13.2. The molecule has 0 aliphatic carbocycles. The van der Waals surface area contributed by atoms with Crippen LogP contribution in [-0.4, -0.2) is 23.0 Å². The third-order valence-corrected chi connectivity index (χ3v) is 4.98. The van der Waals surface area contributed by atoms with Gasteiger partial charge in [0.15, 0.2) is 0 Å². The molecule has 4 rings (SSSR count). The van der Waals surface area contributed by atoms with Gasteiger partial charge in [-0.05, 0) is 38.1 Å². The van der Waals surface area contributed by atoms with Gasteiger partial charge < -0.3 is 4.74 Å². The van der Waals surface area contributed by atoms with Gasteiger partial charge in [0.05, 0.1) is 40.4 Å². The molecule has 1 aromatic carbocycles. The fraction of sp³-hybridized carbons (Fsp3) is 0.353. The molecule has 3 aliphatic heterocycles. The number of imide groups is 1. The average Bonchev–Trinajstić information content (AvgIpc) is 3.04. The number of anilines is 1. The highest BCUT2D eigenvalue weighted by molar-refractivity contribution is 6.23. The number of nitrogens with zero attached hydrogens (tertiary/aromatic N) is 2. The molecule has 2 amide bonds. The number of nitriles is 1. The molecule has 4 unspecified atom stereocenters. The van der Waals surface area contributed by atoms with E-state index in [1.165, 1.54) is 4.90 Å². The van der Waals surface area contributed by atoms with E-state index in [1.807, 2.05) is 32.1 Å². The Kier molecular flexibility index (Phi) is 2.31. The first-order chi connectivity index (χ1) is 10.4. The van der Waals surface area contributed by atoms with Crippen molar-refractivity contribution in [3.63, 3.8) is 0 Å². The first-order valence-corrected chi connectivity index (χ1v) is 7.18. The van der Waals surface area contributed by atoms with Crippen molar-refractivity contribution in [2.45, 2.75) is 25.0 Å². The first-order valence-electron chi connectivity index (χ1n) is 7.18. The van der Waals surface area contributed by atoms with E-state index >= 15 is 0 Å². The molecule has 0 N–H and O–H groups in total. The molecule has 2 bridgehead atoms. The van der Waals surface area contributed by atoms with Crippen molar-refractivity contribution in [2.75, 3.05) is 4.90 Å². The van der Waals surface area contributed by atoms with Gasteiger partial charge in [0, 0.05) is 0 Å². The number of carbonyl (C=O) groups excluding carboxylic acids is 2. The van der Waals surface area contributed by atoms with E-state index < -0.39 is 23.0 Å². The Balaban J connectivity index is 1.78. The smallest absolute Gasteiger partial charge is 0.241 e. The van der Waals surface area contributed by atoms with Crippen LogP contribution < -0.4 is 4.90 Å². The molecule has 3 aliphatic rings. The zero-order valence-corrected chi connectivity index (χ0v) is 12.2. The van der Waals surface area contributed by atoms with Crippen LogP contribution in [0.1, 0.15) is 19.4 Å². The van der Waals surface area contributed by atoms with Crippen molar-refractivity contribution in [1.82, 2.24) is 0 Å². The number of carbonyl (C=O) groups is 2. The molecule has 2 fully saturated rings. The van der Waals surface area contributed by atoms with Gasteiger partial charge >= 0.3 is 0 Å². The second-order valence-corrected chi connectivity index (χ2v) is 6.43. The van der Waals surface area contributed by atoms with Crippen LogP contribution in [0.15, 0.2) is 36.4 Å². The Hall–Kier alpha value is -2.45. The normalized spacial score (nSPS) is 38.5. The molecular weight excluding hydrogens is 280 g/mol. The van der Waals surface area contributed by atoms with Gasteiger partial charge in [-0.3, -0.25) is 9.59 Å². The van der Waals surface area contributed by atoms with Crippen LogP contribution in [0.25, 0.3) is 0 Å². The summed E-state index contributed by atoms with van der Waals surface area (Å²) in [6, 6.07) is 8.51. The van der Waals surface area contributed by atoms with Crippen LogP contribution >= 0.6 is 0 Å². The van der Waals surface area contributed by atoms with Crippen molar-refractivity contribution >= 4 is 17.5 Å². The molecule has 2 saturated heterocycles. The van der Waals surface area contributed by atoms with E-state index in [4.69, 9.17) is 10.00 Å². The Morgan fingerprint density at radius 1 is 1.05 bits per heavy atom. The van der Waals surface area contributed by atoms with Gasteiger partial charge in [-0.25, -0.2) is 4.90 Å². The predicted octanol–water partition coefficient (Wildman–Crippen LogP) is 1.78. The van der Waals surface area contributed by atoms with E-state index in [0.717, 1.165) is 0 Å². The standard InChI is InChI=1S/C17H14N2O3/c1-16-7-8-17(2,22-16)13-12(16)14(20)19(15(13)21)11-5-3-10(9-18)4-6-11/h3-8,12-13H,1-2H3. The van der Waals surface area contributed by atoms with Gasteiger partial charge in [0.2, 0.25) is 11.8 Å². The highest BCUT2D eigenvalue weighted by Gasteiger charge is 2.70. The fourth-order valence-electron chi connectivity index (χ4n) is 3.97. The van der Waals surface area contributed by atoms with Crippen LogP contribution in [0.2, 0.25) is 0 Å². The summed E-state index contributed by atoms with van der Waals surface area (Å²) in [6.45, 7) is 3.71. The van der Waals surface area contributed by atoms with Crippen molar-refractivity contribution in [3.05, 3.63) is 42.0 Å². The molecule has 1 aromatic rings. The number of rotatable bonds is 1. The van der Waals surface area contributed by atoms with E-state index in [9.17, 15) is 9.59 Å². The second kappa shape index (κ2) is 3.84. The number of fused-ring (bicyclic) bond motifs is 5. The van der Waals surface area contributed by atoms with Crippen LogP contribution in [0, 0.1) is 23.2 Å². The van der Waals surface area contributed by atoms with Gasteiger partial charge in [-0.2, -0.15) is 5.26 Å². The molecule has 3 heterocycles. The summed E-state index contributed by atoms with van der Waals surface area (Å²) in [5, 5.41) is 8.85. The molecule has 0 spiro atoms. The van der Waals surface area contributed by atoms with Gasteiger partial charge in [0.1, 0.15) is 0 Å². The second-order valence-electron chi connectivity index (χ2n) is 6.43. The average molecular weight is 294 g/mol. The molecule has 0 aromatic heterocycles. The molecule has 0 radical (unpaired) electrons. The molecule has 22 heavy (non-hydrogen) atoms. The Bertz CT molecular complexity index is 740. The van der Waals surface area contributed by atoms with Crippen molar-refractivity contribution in [1.29, 1.82) is 5.26 Å². The largest absolute Gasteiger partial charge is 0.359 e. The van der Waals surface area contributed by atoms with E-state index in [1.54, 1.807) is 24.3 Å². The summed E-state index contributed by atoms with van der Waals surface area (Å²) >= 11 is 0. The molecule has 5 nitrogen and oxygen atoms in total. The van der Waals surface area contributed by atoms with Gasteiger partial charge in [0.25, 0.3) is 0 Å². The van der Waals surface area contributed by atoms with Crippen LogP contribution in [0.3, 0.4) is 0 Å². The quantitative estimate of drug-likeness (QED) is 0.585. The highest BCUT2D eigenvalue weighted by atomic mass is 16.5. The zero-order valence-electron chi connectivity index (χ0n) is 12.2. The van der Waals surface area contributed by atoms with E-state index in [2.05, 4.69) is 0 Å². The lowest BCUT2D eigenvalue weighted by Gasteiger charge is -2.25.